The average Bonchev–Trinajstić information content (AvgIpc) is 3.67. The lowest BCUT2D eigenvalue weighted by molar-refractivity contribution is -0.160. The number of fused-ring (bicyclic) bond motifs is 1. The number of benzene rings is 1. The highest BCUT2D eigenvalue weighted by molar-refractivity contribution is 5.98. The van der Waals surface area contributed by atoms with Crippen molar-refractivity contribution in [1.82, 2.24) is 15.1 Å². The molecule has 3 fully saturated rings. The van der Waals surface area contributed by atoms with Gasteiger partial charge in [0, 0.05) is 31.7 Å². The van der Waals surface area contributed by atoms with Crippen LogP contribution in [0.25, 0.3) is 0 Å². The number of nitrogens with one attached hydrogen (secondary N) is 1. The van der Waals surface area contributed by atoms with Crippen LogP contribution in [0, 0.1) is 17.3 Å². The molecule has 6 atom stereocenters. The van der Waals surface area contributed by atoms with E-state index in [9.17, 15) is 24.3 Å². The number of rotatable bonds is 17. The number of aliphatic hydroxyl groups is 1. The number of ether oxygens (including phenoxy) is 2. The molecule has 3 saturated heterocycles. The van der Waals surface area contributed by atoms with Crippen molar-refractivity contribution in [3.05, 3.63) is 61.2 Å². The summed E-state index contributed by atoms with van der Waals surface area (Å²) in [6.45, 7) is 18.7. The van der Waals surface area contributed by atoms with E-state index in [0.717, 1.165) is 0 Å². The third kappa shape index (κ3) is 7.86. The van der Waals surface area contributed by atoms with Gasteiger partial charge in [0.2, 0.25) is 17.7 Å². The molecule has 1 aromatic carbocycles. The van der Waals surface area contributed by atoms with Gasteiger partial charge in [-0.05, 0) is 63.4 Å². The molecule has 10 heteroatoms. The summed E-state index contributed by atoms with van der Waals surface area (Å²) in [6, 6.07) is 8.27. The fraction of sp³-hybridized carbons (Fsp3) is 0.632. The van der Waals surface area contributed by atoms with Crippen molar-refractivity contribution in [2.24, 2.45) is 17.3 Å². The Morgan fingerprint density at radius 3 is 2.48 bits per heavy atom. The van der Waals surface area contributed by atoms with Gasteiger partial charge in [0.15, 0.2) is 0 Å². The van der Waals surface area contributed by atoms with E-state index in [-0.39, 0.29) is 49.3 Å². The lowest BCUT2D eigenvalue weighted by Crippen LogP contribution is -2.61. The smallest absolute Gasteiger partial charge is 0.313 e. The van der Waals surface area contributed by atoms with Crippen LogP contribution in [-0.2, 0) is 28.7 Å². The van der Waals surface area contributed by atoms with Crippen molar-refractivity contribution in [3.63, 3.8) is 0 Å². The topological polar surface area (TPSA) is 125 Å². The van der Waals surface area contributed by atoms with Gasteiger partial charge in [-0.2, -0.15) is 0 Å². The van der Waals surface area contributed by atoms with Crippen LogP contribution in [0.4, 0.5) is 0 Å². The van der Waals surface area contributed by atoms with E-state index in [1.165, 1.54) is 0 Å². The lowest BCUT2D eigenvalue weighted by Gasteiger charge is -2.45. The fourth-order valence-electron chi connectivity index (χ4n) is 8.28. The van der Waals surface area contributed by atoms with E-state index >= 15 is 0 Å². The average molecular weight is 666 g/mol. The van der Waals surface area contributed by atoms with E-state index in [0.29, 0.717) is 50.6 Å². The molecular weight excluding hydrogens is 610 g/mol. The highest BCUT2D eigenvalue weighted by Gasteiger charge is 2.75. The van der Waals surface area contributed by atoms with Gasteiger partial charge in [-0.3, -0.25) is 19.2 Å². The van der Waals surface area contributed by atoms with Gasteiger partial charge in [-0.1, -0.05) is 63.3 Å². The third-order valence-corrected chi connectivity index (χ3v) is 9.87. The molecular formula is C38H55N3O7. The monoisotopic (exact) mass is 665 g/mol. The second kappa shape index (κ2) is 15.4. The molecule has 48 heavy (non-hydrogen) atoms. The standard InChI is InChI=1S/C38H55N3O7/c1-8-10-18-29(43)39-24-28(26-16-12-11-13-17-26)47-35(46)30-27-19-20-38(48-27)31(30)33(44)40(22-14-15-23-42)32(38)34(45)41(21-9-2)37(6,7)25-36(3,4)5/h8-9,11-13,16-17,27-28,30-32,42H,1-2,10,14-15,18-25H2,3-7H3,(H,39,43)/t27-,28+,30+,31+,32-,38+/m0/s1. The second-order valence-electron chi connectivity index (χ2n) is 15.3. The molecule has 0 aromatic heterocycles. The molecule has 10 nitrogen and oxygen atoms in total. The summed E-state index contributed by atoms with van der Waals surface area (Å²) in [4.78, 5) is 59.3. The minimum absolute atomic E-state index is 0.0328. The zero-order valence-electron chi connectivity index (χ0n) is 29.4. The van der Waals surface area contributed by atoms with E-state index in [4.69, 9.17) is 9.47 Å². The molecule has 4 rings (SSSR count). The summed E-state index contributed by atoms with van der Waals surface area (Å²) in [7, 11) is 0. The highest BCUT2D eigenvalue weighted by Crippen LogP contribution is 2.59. The van der Waals surface area contributed by atoms with Crippen LogP contribution in [-0.4, -0.2) is 88.1 Å². The number of carbonyl (C=O) groups is 4. The van der Waals surface area contributed by atoms with E-state index < -0.39 is 47.2 Å². The zero-order valence-corrected chi connectivity index (χ0v) is 29.4. The maximum Gasteiger partial charge on any atom is 0.313 e. The number of esters is 1. The van der Waals surface area contributed by atoms with Crippen LogP contribution in [0.1, 0.15) is 91.2 Å². The van der Waals surface area contributed by atoms with Gasteiger partial charge in [-0.25, -0.2) is 0 Å². The SMILES string of the molecule is C=CCCC(=O)NC[C@@H](OC(=O)[C@@H]1[C@@H]2CC[C@]3(O2)[C@H](C(=O)N(CC=C)C(C)(C)CC(C)(C)C)N(CCCCO)C(=O)[C@@H]13)c1ccccc1. The Labute approximate surface area is 285 Å². The number of carbonyl (C=O) groups excluding carboxylic acids is 4. The first kappa shape index (κ1) is 37.3. The summed E-state index contributed by atoms with van der Waals surface area (Å²) >= 11 is 0. The van der Waals surface area contributed by atoms with Gasteiger partial charge >= 0.3 is 5.97 Å². The van der Waals surface area contributed by atoms with E-state index in [1.807, 2.05) is 49.1 Å². The van der Waals surface area contributed by atoms with Crippen LogP contribution in [0.5, 0.6) is 0 Å². The Balaban J connectivity index is 1.66. The Kier molecular flexibility index (Phi) is 11.9. The van der Waals surface area contributed by atoms with Crippen LogP contribution in [0.2, 0.25) is 0 Å². The van der Waals surface area contributed by atoms with Gasteiger partial charge in [-0.15, -0.1) is 13.2 Å². The van der Waals surface area contributed by atoms with Crippen molar-refractivity contribution in [1.29, 1.82) is 0 Å². The fourth-order valence-corrected chi connectivity index (χ4v) is 8.28. The first-order valence-corrected chi connectivity index (χ1v) is 17.4. The number of nitrogens with zero attached hydrogens (tertiary/aromatic N) is 2. The molecule has 0 saturated carbocycles. The molecule has 0 radical (unpaired) electrons. The summed E-state index contributed by atoms with van der Waals surface area (Å²) in [5, 5.41) is 12.4. The molecule has 3 aliphatic rings. The van der Waals surface area contributed by atoms with Crippen LogP contribution < -0.4 is 5.32 Å². The number of amides is 3. The van der Waals surface area contributed by atoms with Crippen molar-refractivity contribution in [2.45, 2.75) is 109 Å². The van der Waals surface area contributed by atoms with Crippen LogP contribution in [0.3, 0.4) is 0 Å². The normalized spacial score (nSPS) is 25.4. The lowest BCUT2D eigenvalue weighted by atomic mass is 9.70. The van der Waals surface area contributed by atoms with Crippen molar-refractivity contribution in [2.75, 3.05) is 26.2 Å². The molecule has 264 valence electrons. The van der Waals surface area contributed by atoms with Gasteiger partial charge in [0.1, 0.15) is 17.7 Å². The third-order valence-electron chi connectivity index (χ3n) is 9.87. The molecule has 0 unspecified atom stereocenters. The zero-order chi connectivity index (χ0) is 35.3. The summed E-state index contributed by atoms with van der Waals surface area (Å²) in [5.74, 6) is -3.06. The molecule has 2 N–H and O–H groups in total. The maximum atomic E-state index is 14.8. The Morgan fingerprint density at radius 2 is 1.85 bits per heavy atom. The Hall–Kier alpha value is -3.50. The number of hydrogen-bond donors (Lipinski definition) is 2. The molecule has 1 spiro atoms. The predicted octanol–water partition coefficient (Wildman–Crippen LogP) is 4.73. The first-order valence-electron chi connectivity index (χ1n) is 17.4. The number of aliphatic hydroxyl groups excluding tert-OH is 1. The minimum atomic E-state index is -1.18. The van der Waals surface area contributed by atoms with Crippen molar-refractivity contribution in [3.8, 4) is 0 Å². The maximum absolute atomic E-state index is 14.8. The van der Waals surface area contributed by atoms with Gasteiger partial charge < -0.3 is 29.7 Å². The van der Waals surface area contributed by atoms with Gasteiger partial charge in [0.25, 0.3) is 0 Å². The van der Waals surface area contributed by atoms with Crippen LogP contribution >= 0.6 is 0 Å². The Bertz CT molecular complexity index is 1340. The van der Waals surface area contributed by atoms with Crippen molar-refractivity contribution < 1.29 is 33.8 Å². The highest BCUT2D eigenvalue weighted by atomic mass is 16.6. The van der Waals surface area contributed by atoms with E-state index in [1.54, 1.807) is 17.1 Å². The minimum Gasteiger partial charge on any atom is -0.455 e. The summed E-state index contributed by atoms with van der Waals surface area (Å²) < 4.78 is 12.8. The quantitative estimate of drug-likeness (QED) is 0.140. The summed E-state index contributed by atoms with van der Waals surface area (Å²) in [6.07, 6.45) is 5.49. The van der Waals surface area contributed by atoms with Crippen molar-refractivity contribution >= 4 is 23.7 Å². The molecule has 0 aliphatic carbocycles. The van der Waals surface area contributed by atoms with Crippen LogP contribution in [0.15, 0.2) is 55.6 Å². The second-order valence-corrected chi connectivity index (χ2v) is 15.3. The largest absolute Gasteiger partial charge is 0.455 e. The molecule has 2 bridgehead atoms. The molecule has 3 aliphatic heterocycles. The number of unbranched alkanes of at least 4 members (excludes halogenated alkanes) is 1. The summed E-state index contributed by atoms with van der Waals surface area (Å²) in [5.41, 5.74) is -1.11. The predicted molar refractivity (Wildman–Crippen MR) is 183 cm³/mol. The molecule has 1 aromatic rings. The molecule has 3 heterocycles. The number of likely N-dealkylation sites (tertiary alicyclic amines) is 1. The first-order chi connectivity index (χ1) is 22.7. The van der Waals surface area contributed by atoms with E-state index in [2.05, 4.69) is 39.2 Å². The van der Waals surface area contributed by atoms with Gasteiger partial charge in [0.05, 0.1) is 24.5 Å². The number of hydrogen-bond acceptors (Lipinski definition) is 7. The molecule has 3 amide bonds. The number of allylic oxidation sites excluding steroid dienone is 1. The Morgan fingerprint density at radius 1 is 1.15 bits per heavy atom.